The number of aryl methyl sites for hydroxylation is 1. The molecule has 0 bridgehead atoms. The Bertz CT molecular complexity index is 468. The third-order valence-electron chi connectivity index (χ3n) is 4.10. The Labute approximate surface area is 133 Å². The number of phenols is 1. The van der Waals surface area contributed by atoms with Crippen LogP contribution < -0.4 is 4.74 Å². The largest absolute Gasteiger partial charge is 0.504 e. The van der Waals surface area contributed by atoms with Crippen molar-refractivity contribution >= 4 is 5.97 Å². The number of hydrogen-bond acceptors (Lipinski definition) is 3. The van der Waals surface area contributed by atoms with E-state index in [1.54, 1.807) is 12.1 Å². The van der Waals surface area contributed by atoms with Gasteiger partial charge >= 0.3 is 5.97 Å². The first kappa shape index (κ1) is 18.3. The Morgan fingerprint density at radius 1 is 1.18 bits per heavy atom. The second kappa shape index (κ2) is 9.34. The van der Waals surface area contributed by atoms with Gasteiger partial charge in [0.25, 0.3) is 0 Å². The van der Waals surface area contributed by atoms with E-state index in [4.69, 9.17) is 9.84 Å². The summed E-state index contributed by atoms with van der Waals surface area (Å²) >= 11 is 0. The van der Waals surface area contributed by atoms with Gasteiger partial charge in [0.15, 0.2) is 11.5 Å². The van der Waals surface area contributed by atoms with Crippen molar-refractivity contribution in [2.75, 3.05) is 7.11 Å². The first-order valence-corrected chi connectivity index (χ1v) is 8.04. The normalized spacial score (nSPS) is 12.4. The van der Waals surface area contributed by atoms with Crippen LogP contribution in [0.15, 0.2) is 18.2 Å². The van der Waals surface area contributed by atoms with Crippen molar-refractivity contribution in [2.45, 2.75) is 52.4 Å². The number of hydrogen-bond donors (Lipinski definition) is 2. The summed E-state index contributed by atoms with van der Waals surface area (Å²) in [6, 6.07) is 5.50. The number of phenolic OH excluding ortho intramolecular Hbond substituents is 1. The van der Waals surface area contributed by atoms with E-state index < -0.39 is 5.97 Å². The average molecular weight is 308 g/mol. The maximum absolute atomic E-state index is 11.1. The van der Waals surface area contributed by atoms with Crippen LogP contribution in [0.5, 0.6) is 11.5 Å². The van der Waals surface area contributed by atoms with Gasteiger partial charge in [-0.2, -0.15) is 0 Å². The minimum atomic E-state index is -0.677. The number of aromatic hydroxyl groups is 1. The summed E-state index contributed by atoms with van der Waals surface area (Å²) in [7, 11) is 1.54. The van der Waals surface area contributed by atoms with Crippen LogP contribution in [-0.4, -0.2) is 23.3 Å². The molecule has 1 rings (SSSR count). The molecule has 1 atom stereocenters. The van der Waals surface area contributed by atoms with Crippen LogP contribution in [-0.2, 0) is 11.2 Å². The van der Waals surface area contributed by atoms with Gasteiger partial charge in [0, 0.05) is 0 Å². The highest BCUT2D eigenvalue weighted by atomic mass is 16.5. The van der Waals surface area contributed by atoms with Crippen molar-refractivity contribution in [2.24, 2.45) is 11.8 Å². The zero-order valence-corrected chi connectivity index (χ0v) is 13.8. The molecule has 0 unspecified atom stereocenters. The predicted octanol–water partition coefficient (Wildman–Crippen LogP) is 4.25. The lowest BCUT2D eigenvalue weighted by molar-refractivity contribution is -0.143. The molecule has 0 aliphatic heterocycles. The number of methoxy groups -OCH3 is 1. The Balaban J connectivity index is 2.23. The molecular formula is C18H28O4. The van der Waals surface area contributed by atoms with Crippen LogP contribution in [0.25, 0.3) is 0 Å². The molecular weight excluding hydrogens is 280 g/mol. The number of ether oxygens (including phenoxy) is 1. The smallest absolute Gasteiger partial charge is 0.306 e. The fourth-order valence-corrected chi connectivity index (χ4v) is 2.68. The van der Waals surface area contributed by atoms with E-state index in [1.165, 1.54) is 7.11 Å². The number of carbonyl (C=O) groups is 1. The SMILES string of the molecule is COc1ccc(CCCCCC[C@H](C(=O)O)C(C)C)cc1O. The Morgan fingerprint density at radius 3 is 2.41 bits per heavy atom. The zero-order chi connectivity index (χ0) is 16.5. The molecule has 2 N–H and O–H groups in total. The zero-order valence-electron chi connectivity index (χ0n) is 13.8. The van der Waals surface area contributed by atoms with Crippen molar-refractivity contribution in [3.05, 3.63) is 23.8 Å². The monoisotopic (exact) mass is 308 g/mol. The van der Waals surface area contributed by atoms with Crippen molar-refractivity contribution in [1.29, 1.82) is 0 Å². The first-order chi connectivity index (χ1) is 10.5. The van der Waals surface area contributed by atoms with Crippen LogP contribution in [0.2, 0.25) is 0 Å². The fraction of sp³-hybridized carbons (Fsp3) is 0.611. The third-order valence-corrected chi connectivity index (χ3v) is 4.10. The highest BCUT2D eigenvalue weighted by Crippen LogP contribution is 2.27. The van der Waals surface area contributed by atoms with Gasteiger partial charge in [-0.3, -0.25) is 4.79 Å². The summed E-state index contributed by atoms with van der Waals surface area (Å²) in [5.41, 5.74) is 1.10. The lowest BCUT2D eigenvalue weighted by atomic mass is 9.90. The van der Waals surface area contributed by atoms with E-state index in [2.05, 4.69) is 0 Å². The molecule has 0 amide bonds. The molecule has 0 aromatic heterocycles. The summed E-state index contributed by atoms with van der Waals surface area (Å²) in [5.74, 6) is -0.0274. The molecule has 22 heavy (non-hydrogen) atoms. The van der Waals surface area contributed by atoms with Gasteiger partial charge in [-0.15, -0.1) is 0 Å². The van der Waals surface area contributed by atoms with Crippen LogP contribution >= 0.6 is 0 Å². The van der Waals surface area contributed by atoms with Crippen LogP contribution in [0.1, 0.15) is 51.5 Å². The van der Waals surface area contributed by atoms with Gasteiger partial charge in [-0.25, -0.2) is 0 Å². The van der Waals surface area contributed by atoms with Gasteiger partial charge in [-0.1, -0.05) is 39.2 Å². The van der Waals surface area contributed by atoms with Gasteiger partial charge in [0.05, 0.1) is 13.0 Å². The number of unbranched alkanes of at least 4 members (excludes halogenated alkanes) is 3. The minimum absolute atomic E-state index is 0.182. The maximum Gasteiger partial charge on any atom is 0.306 e. The second-order valence-corrected chi connectivity index (χ2v) is 6.15. The molecule has 124 valence electrons. The Kier molecular flexibility index (Phi) is 7.78. The van der Waals surface area contributed by atoms with Crippen LogP contribution in [0, 0.1) is 11.8 Å². The summed E-state index contributed by atoms with van der Waals surface area (Å²) in [4.78, 5) is 11.1. The van der Waals surface area contributed by atoms with E-state index in [0.717, 1.165) is 44.1 Å². The average Bonchev–Trinajstić information content (AvgIpc) is 2.45. The van der Waals surface area contributed by atoms with Crippen molar-refractivity contribution in [3.63, 3.8) is 0 Å². The topological polar surface area (TPSA) is 66.8 Å². The molecule has 0 heterocycles. The molecule has 0 saturated carbocycles. The second-order valence-electron chi connectivity index (χ2n) is 6.15. The third kappa shape index (κ3) is 5.96. The Hall–Kier alpha value is -1.71. The van der Waals surface area contributed by atoms with Crippen molar-refractivity contribution in [3.8, 4) is 11.5 Å². The molecule has 0 aliphatic carbocycles. The molecule has 0 saturated heterocycles. The molecule has 0 spiro atoms. The summed E-state index contributed by atoms with van der Waals surface area (Å²) in [6.07, 6.45) is 5.82. The molecule has 0 fully saturated rings. The van der Waals surface area contributed by atoms with E-state index in [1.807, 2.05) is 19.9 Å². The predicted molar refractivity (Wildman–Crippen MR) is 87.4 cm³/mol. The molecule has 4 heteroatoms. The maximum atomic E-state index is 11.1. The number of rotatable bonds is 10. The minimum Gasteiger partial charge on any atom is -0.504 e. The van der Waals surface area contributed by atoms with Crippen molar-refractivity contribution < 1.29 is 19.7 Å². The van der Waals surface area contributed by atoms with Crippen LogP contribution in [0.4, 0.5) is 0 Å². The standard InChI is InChI=1S/C18H28O4/c1-13(2)15(18(20)21)9-7-5-4-6-8-14-10-11-17(22-3)16(19)12-14/h10-13,15,19H,4-9H2,1-3H3,(H,20,21)/t15-/m0/s1. The first-order valence-electron chi connectivity index (χ1n) is 8.04. The van der Waals surface area contributed by atoms with E-state index in [0.29, 0.717) is 5.75 Å². The number of aliphatic carboxylic acids is 1. The van der Waals surface area contributed by atoms with E-state index >= 15 is 0 Å². The molecule has 1 aromatic carbocycles. The lowest BCUT2D eigenvalue weighted by Crippen LogP contribution is -2.19. The Morgan fingerprint density at radius 2 is 1.86 bits per heavy atom. The number of carboxylic acid groups (broad SMARTS) is 1. The molecule has 1 aromatic rings. The lowest BCUT2D eigenvalue weighted by Gasteiger charge is -2.15. The van der Waals surface area contributed by atoms with E-state index in [9.17, 15) is 9.90 Å². The quantitative estimate of drug-likeness (QED) is 0.634. The van der Waals surface area contributed by atoms with Gasteiger partial charge in [0.2, 0.25) is 0 Å². The summed E-state index contributed by atoms with van der Waals surface area (Å²) < 4.78 is 5.02. The molecule has 0 aliphatic rings. The van der Waals surface area contributed by atoms with Gasteiger partial charge in [-0.05, 0) is 42.9 Å². The summed E-state index contributed by atoms with van der Waals surface area (Å²) in [5, 5.41) is 18.8. The summed E-state index contributed by atoms with van der Waals surface area (Å²) in [6.45, 7) is 3.93. The highest BCUT2D eigenvalue weighted by Gasteiger charge is 2.20. The molecule has 0 radical (unpaired) electrons. The molecule has 4 nitrogen and oxygen atoms in total. The fourth-order valence-electron chi connectivity index (χ4n) is 2.68. The van der Waals surface area contributed by atoms with Crippen molar-refractivity contribution in [1.82, 2.24) is 0 Å². The van der Waals surface area contributed by atoms with Gasteiger partial charge < -0.3 is 14.9 Å². The van der Waals surface area contributed by atoms with E-state index in [-0.39, 0.29) is 17.6 Å². The number of carboxylic acids is 1. The van der Waals surface area contributed by atoms with Crippen LogP contribution in [0.3, 0.4) is 0 Å². The van der Waals surface area contributed by atoms with Gasteiger partial charge in [0.1, 0.15) is 0 Å². The highest BCUT2D eigenvalue weighted by molar-refractivity contribution is 5.70. The number of benzene rings is 1.